The van der Waals surface area contributed by atoms with Crippen molar-refractivity contribution in [3.05, 3.63) is 29.3 Å². The Kier molecular flexibility index (Phi) is 6.37. The highest BCUT2D eigenvalue weighted by Crippen LogP contribution is 2.18. The molecule has 21 heavy (non-hydrogen) atoms. The van der Waals surface area contributed by atoms with Gasteiger partial charge in [0.15, 0.2) is 0 Å². The summed E-state index contributed by atoms with van der Waals surface area (Å²) < 4.78 is 0. The smallest absolute Gasteiger partial charge is 0.251 e. The van der Waals surface area contributed by atoms with Gasteiger partial charge in [-0.25, -0.2) is 0 Å². The van der Waals surface area contributed by atoms with Gasteiger partial charge in [0, 0.05) is 17.8 Å². The highest BCUT2D eigenvalue weighted by molar-refractivity contribution is 5.97. The molecule has 1 aromatic carbocycles. The maximum absolute atomic E-state index is 11.9. The zero-order valence-corrected chi connectivity index (χ0v) is 13.1. The number of nitrogens with one attached hydrogen (secondary N) is 2. The lowest BCUT2D eigenvalue weighted by Gasteiger charge is -2.15. The third-order valence-electron chi connectivity index (χ3n) is 3.28. The predicted octanol–water partition coefficient (Wildman–Crippen LogP) is 2.09. The number of carbonyl (C=O) groups excluding carboxylic acids is 2. The van der Waals surface area contributed by atoms with Crippen LogP contribution in [0.3, 0.4) is 0 Å². The van der Waals surface area contributed by atoms with Gasteiger partial charge < -0.3 is 15.7 Å². The van der Waals surface area contributed by atoms with Crippen LogP contribution in [0.1, 0.15) is 43.1 Å². The van der Waals surface area contributed by atoms with E-state index in [9.17, 15) is 14.7 Å². The van der Waals surface area contributed by atoms with Crippen LogP contribution in [0.5, 0.6) is 0 Å². The fourth-order valence-corrected chi connectivity index (χ4v) is 1.79. The maximum Gasteiger partial charge on any atom is 0.251 e. The van der Waals surface area contributed by atoms with E-state index in [2.05, 4.69) is 10.6 Å². The van der Waals surface area contributed by atoms with Gasteiger partial charge in [-0.15, -0.1) is 0 Å². The van der Waals surface area contributed by atoms with Crippen LogP contribution in [0.4, 0.5) is 5.69 Å². The quantitative estimate of drug-likeness (QED) is 0.751. The van der Waals surface area contributed by atoms with Gasteiger partial charge in [0.25, 0.3) is 5.91 Å². The van der Waals surface area contributed by atoms with Crippen LogP contribution in [0.15, 0.2) is 18.2 Å². The van der Waals surface area contributed by atoms with E-state index in [1.807, 2.05) is 27.7 Å². The van der Waals surface area contributed by atoms with Crippen LogP contribution < -0.4 is 10.6 Å². The second kappa shape index (κ2) is 7.78. The molecule has 3 N–H and O–H groups in total. The van der Waals surface area contributed by atoms with Gasteiger partial charge >= 0.3 is 0 Å². The van der Waals surface area contributed by atoms with Crippen LogP contribution >= 0.6 is 0 Å². The van der Waals surface area contributed by atoms with Crippen molar-refractivity contribution in [2.24, 2.45) is 5.92 Å². The van der Waals surface area contributed by atoms with E-state index in [0.717, 1.165) is 5.56 Å². The Morgan fingerprint density at radius 1 is 1.29 bits per heavy atom. The van der Waals surface area contributed by atoms with Crippen LogP contribution in [0, 0.1) is 12.8 Å². The minimum absolute atomic E-state index is 0.0264. The maximum atomic E-state index is 11.9. The van der Waals surface area contributed by atoms with E-state index in [-0.39, 0.29) is 24.2 Å². The lowest BCUT2D eigenvalue weighted by atomic mass is 10.0. The molecule has 1 rings (SSSR count). The molecular weight excluding hydrogens is 268 g/mol. The van der Waals surface area contributed by atoms with Crippen molar-refractivity contribution in [2.45, 2.75) is 40.2 Å². The summed E-state index contributed by atoms with van der Waals surface area (Å²) in [6.07, 6.45) is -0.625. The second-order valence-corrected chi connectivity index (χ2v) is 5.45. The second-order valence-electron chi connectivity index (χ2n) is 5.45. The number of hydrogen-bond donors (Lipinski definition) is 3. The minimum Gasteiger partial charge on any atom is -0.392 e. The first-order chi connectivity index (χ1) is 9.85. The van der Waals surface area contributed by atoms with Crippen molar-refractivity contribution >= 4 is 17.5 Å². The molecule has 1 aromatic rings. The minimum atomic E-state index is -0.670. The van der Waals surface area contributed by atoms with Crippen molar-refractivity contribution in [1.29, 1.82) is 0 Å². The fraction of sp³-hybridized carbons (Fsp3) is 0.500. The molecule has 0 fully saturated rings. The Bertz CT molecular complexity index is 512. The molecule has 1 atom stereocenters. The highest BCUT2D eigenvalue weighted by Gasteiger charge is 2.15. The van der Waals surface area contributed by atoms with E-state index in [0.29, 0.717) is 17.8 Å². The molecule has 1 unspecified atom stereocenters. The Balaban J connectivity index is 2.80. The molecule has 0 aliphatic rings. The van der Waals surface area contributed by atoms with E-state index >= 15 is 0 Å². The van der Waals surface area contributed by atoms with E-state index < -0.39 is 6.10 Å². The zero-order chi connectivity index (χ0) is 16.0. The molecule has 0 aliphatic heterocycles. The standard InChI is InChI=1S/C16H24N2O3/c1-5-17-16(21)12-7-6-11(4)13(8-12)18-15(20)9-14(19)10(2)3/h6-8,10,14,19H,5,9H2,1-4H3,(H,17,21)(H,18,20). The molecule has 0 spiro atoms. The number of aryl methyl sites for hydroxylation is 1. The van der Waals surface area contributed by atoms with Crippen molar-refractivity contribution in [1.82, 2.24) is 5.32 Å². The van der Waals surface area contributed by atoms with Crippen molar-refractivity contribution in [2.75, 3.05) is 11.9 Å². The number of amides is 2. The summed E-state index contributed by atoms with van der Waals surface area (Å²) in [4.78, 5) is 23.7. The monoisotopic (exact) mass is 292 g/mol. The van der Waals surface area contributed by atoms with Crippen molar-refractivity contribution in [3.8, 4) is 0 Å². The van der Waals surface area contributed by atoms with Gasteiger partial charge in [-0.3, -0.25) is 9.59 Å². The molecule has 5 heteroatoms. The first-order valence-corrected chi connectivity index (χ1v) is 7.21. The summed E-state index contributed by atoms with van der Waals surface area (Å²) in [5.74, 6) is -0.402. The third-order valence-corrected chi connectivity index (χ3v) is 3.28. The number of rotatable bonds is 6. The van der Waals surface area contributed by atoms with E-state index in [1.54, 1.807) is 18.2 Å². The number of aliphatic hydroxyl groups is 1. The number of aliphatic hydroxyl groups excluding tert-OH is 1. The largest absolute Gasteiger partial charge is 0.392 e. The summed E-state index contributed by atoms with van der Waals surface area (Å²) in [6, 6.07) is 5.16. The van der Waals surface area contributed by atoms with Gasteiger partial charge in [-0.05, 0) is 37.5 Å². The molecule has 116 valence electrons. The predicted molar refractivity (Wildman–Crippen MR) is 83.3 cm³/mol. The molecule has 2 amide bonds. The average Bonchev–Trinajstić information content (AvgIpc) is 2.41. The molecule has 0 aromatic heterocycles. The van der Waals surface area contributed by atoms with E-state index in [1.165, 1.54) is 0 Å². The zero-order valence-electron chi connectivity index (χ0n) is 13.1. The molecular formula is C16H24N2O3. The lowest BCUT2D eigenvalue weighted by molar-refractivity contribution is -0.118. The molecule has 0 saturated carbocycles. The van der Waals surface area contributed by atoms with Gasteiger partial charge in [-0.2, -0.15) is 0 Å². The normalized spacial score (nSPS) is 12.1. The number of benzene rings is 1. The summed E-state index contributed by atoms with van der Waals surface area (Å²) in [7, 11) is 0. The Hall–Kier alpha value is -1.88. The van der Waals surface area contributed by atoms with Gasteiger partial charge in [-0.1, -0.05) is 19.9 Å². The molecule has 0 aliphatic carbocycles. The van der Waals surface area contributed by atoms with E-state index in [4.69, 9.17) is 0 Å². The first kappa shape index (κ1) is 17.2. The molecule has 0 bridgehead atoms. The summed E-state index contributed by atoms with van der Waals surface area (Å²) in [5, 5.41) is 15.2. The molecule has 0 saturated heterocycles. The summed E-state index contributed by atoms with van der Waals surface area (Å²) >= 11 is 0. The van der Waals surface area contributed by atoms with Gasteiger partial charge in [0.1, 0.15) is 0 Å². The van der Waals surface area contributed by atoms with Gasteiger partial charge in [0.2, 0.25) is 5.91 Å². The van der Waals surface area contributed by atoms with Gasteiger partial charge in [0.05, 0.1) is 12.5 Å². The number of anilines is 1. The number of hydrogen-bond acceptors (Lipinski definition) is 3. The first-order valence-electron chi connectivity index (χ1n) is 7.21. The van der Waals surface area contributed by atoms with Crippen molar-refractivity contribution in [3.63, 3.8) is 0 Å². The van der Waals surface area contributed by atoms with Crippen LogP contribution in [-0.2, 0) is 4.79 Å². The van der Waals surface area contributed by atoms with Crippen molar-refractivity contribution < 1.29 is 14.7 Å². The Labute approximate surface area is 125 Å². The highest BCUT2D eigenvalue weighted by atomic mass is 16.3. The molecule has 0 radical (unpaired) electrons. The molecule has 0 heterocycles. The Morgan fingerprint density at radius 2 is 1.95 bits per heavy atom. The van der Waals surface area contributed by atoms with Crippen LogP contribution in [0.25, 0.3) is 0 Å². The Morgan fingerprint density at radius 3 is 2.52 bits per heavy atom. The third kappa shape index (κ3) is 5.19. The summed E-state index contributed by atoms with van der Waals surface area (Å²) in [5.41, 5.74) is 1.97. The average molecular weight is 292 g/mol. The molecule has 5 nitrogen and oxygen atoms in total. The lowest BCUT2D eigenvalue weighted by Crippen LogP contribution is -2.25. The van der Waals surface area contributed by atoms with Crippen LogP contribution in [0.2, 0.25) is 0 Å². The topological polar surface area (TPSA) is 78.4 Å². The SMILES string of the molecule is CCNC(=O)c1ccc(C)c(NC(=O)CC(O)C(C)C)c1. The fourth-order valence-electron chi connectivity index (χ4n) is 1.79. The van der Waals surface area contributed by atoms with Crippen LogP contribution in [-0.4, -0.2) is 29.6 Å². The summed E-state index contributed by atoms with van der Waals surface area (Å²) in [6.45, 7) is 7.98. The number of carbonyl (C=O) groups is 2.